The molecule has 66 valence electrons. The predicted molar refractivity (Wildman–Crippen MR) is 44.7 cm³/mol. The highest BCUT2D eigenvalue weighted by atomic mass is 16.5. The van der Waals surface area contributed by atoms with Crippen LogP contribution in [0.4, 0.5) is 0 Å². The lowest BCUT2D eigenvalue weighted by atomic mass is 9.87. The normalized spacial score (nSPS) is 35.7. The third kappa shape index (κ3) is 1.25. The first-order valence-electron chi connectivity index (χ1n) is 4.36. The van der Waals surface area contributed by atoms with E-state index in [1.165, 1.54) is 0 Å². The van der Waals surface area contributed by atoms with Gasteiger partial charge in [-0.3, -0.25) is 4.79 Å². The van der Waals surface area contributed by atoms with Crippen LogP contribution < -0.4 is 5.32 Å². The van der Waals surface area contributed by atoms with Crippen molar-refractivity contribution >= 4 is 5.91 Å². The summed E-state index contributed by atoms with van der Waals surface area (Å²) < 4.78 is 5.39. The van der Waals surface area contributed by atoms with Gasteiger partial charge in [0.1, 0.15) is 6.61 Å². The number of hydrogen-bond acceptors (Lipinski definition) is 2. The van der Waals surface area contributed by atoms with Gasteiger partial charge in [-0.25, -0.2) is 0 Å². The van der Waals surface area contributed by atoms with Crippen LogP contribution >= 0.6 is 0 Å². The van der Waals surface area contributed by atoms with E-state index >= 15 is 0 Å². The van der Waals surface area contributed by atoms with Gasteiger partial charge in [-0.15, -0.1) is 0 Å². The Hall–Kier alpha value is -0.830. The fraction of sp³-hybridized carbons (Fsp3) is 0.667. The van der Waals surface area contributed by atoms with Crippen LogP contribution in [-0.4, -0.2) is 24.7 Å². The molecule has 0 radical (unpaired) electrons. The Morgan fingerprint density at radius 1 is 1.58 bits per heavy atom. The largest absolute Gasteiger partial charge is 0.366 e. The Morgan fingerprint density at radius 3 is 3.25 bits per heavy atom. The van der Waals surface area contributed by atoms with Crippen LogP contribution in [0, 0.1) is 0 Å². The van der Waals surface area contributed by atoms with E-state index in [9.17, 15) is 4.79 Å². The Labute approximate surface area is 71.8 Å². The van der Waals surface area contributed by atoms with Gasteiger partial charge in [0.2, 0.25) is 5.91 Å². The molecular weight excluding hydrogens is 154 g/mol. The molecule has 2 aliphatic rings. The summed E-state index contributed by atoms with van der Waals surface area (Å²) in [6.45, 7) is 4.15. The van der Waals surface area contributed by atoms with Crippen molar-refractivity contribution in [3.05, 3.63) is 12.2 Å². The number of hydrogen-bond donors (Lipinski definition) is 1. The van der Waals surface area contributed by atoms with Crippen molar-refractivity contribution < 1.29 is 9.53 Å². The lowest BCUT2D eigenvalue weighted by molar-refractivity contribution is -0.136. The zero-order valence-corrected chi connectivity index (χ0v) is 7.01. The van der Waals surface area contributed by atoms with E-state index in [2.05, 4.69) is 11.9 Å². The highest BCUT2D eigenvalue weighted by Gasteiger charge is 2.33. The van der Waals surface area contributed by atoms with Gasteiger partial charge in [0.05, 0.1) is 12.1 Å². The number of rotatable bonds is 0. The van der Waals surface area contributed by atoms with Crippen molar-refractivity contribution in [1.82, 2.24) is 5.32 Å². The van der Waals surface area contributed by atoms with Crippen LogP contribution in [0.1, 0.15) is 19.3 Å². The summed E-state index contributed by atoms with van der Waals surface area (Å²) in [5.41, 5.74) is 1.11. The maximum absolute atomic E-state index is 11.0. The van der Waals surface area contributed by atoms with Crippen LogP contribution in [0.25, 0.3) is 0 Å². The van der Waals surface area contributed by atoms with E-state index < -0.39 is 0 Å². The highest BCUT2D eigenvalue weighted by molar-refractivity contribution is 5.78. The van der Waals surface area contributed by atoms with Gasteiger partial charge < -0.3 is 10.1 Å². The zero-order valence-electron chi connectivity index (χ0n) is 7.01. The van der Waals surface area contributed by atoms with E-state index in [1.807, 2.05) is 0 Å². The highest BCUT2D eigenvalue weighted by Crippen LogP contribution is 2.26. The first-order chi connectivity index (χ1) is 5.77. The zero-order chi connectivity index (χ0) is 8.55. The molecule has 1 aliphatic heterocycles. The van der Waals surface area contributed by atoms with E-state index in [-0.39, 0.29) is 24.7 Å². The summed E-state index contributed by atoms with van der Waals surface area (Å²) in [6.07, 6.45) is 3.38. The van der Waals surface area contributed by atoms with Crippen LogP contribution in [0.15, 0.2) is 12.2 Å². The molecule has 1 saturated carbocycles. The maximum Gasteiger partial charge on any atom is 0.246 e. The van der Waals surface area contributed by atoms with E-state index in [0.29, 0.717) is 0 Å². The average Bonchev–Trinajstić information content (AvgIpc) is 2.07. The first-order valence-corrected chi connectivity index (χ1v) is 4.36. The molecule has 1 N–H and O–H groups in total. The average molecular weight is 167 g/mol. The smallest absolute Gasteiger partial charge is 0.246 e. The van der Waals surface area contributed by atoms with Gasteiger partial charge in [-0.1, -0.05) is 12.2 Å². The van der Waals surface area contributed by atoms with Gasteiger partial charge in [0, 0.05) is 0 Å². The Kier molecular flexibility index (Phi) is 1.89. The molecule has 1 amide bonds. The van der Waals surface area contributed by atoms with E-state index in [4.69, 9.17) is 4.74 Å². The van der Waals surface area contributed by atoms with Gasteiger partial charge in [0.15, 0.2) is 0 Å². The molecule has 1 saturated heterocycles. The molecule has 2 rings (SSSR count). The summed E-state index contributed by atoms with van der Waals surface area (Å²) in [5, 5.41) is 2.90. The molecule has 3 nitrogen and oxygen atoms in total. The number of fused-ring (bicyclic) bond motifs is 1. The third-order valence-corrected chi connectivity index (χ3v) is 2.54. The molecule has 2 fully saturated rings. The van der Waals surface area contributed by atoms with Gasteiger partial charge in [-0.05, 0) is 19.3 Å². The monoisotopic (exact) mass is 167 g/mol. The molecule has 3 heteroatoms. The van der Waals surface area contributed by atoms with E-state index in [1.54, 1.807) is 0 Å². The molecule has 12 heavy (non-hydrogen) atoms. The van der Waals surface area contributed by atoms with Gasteiger partial charge >= 0.3 is 0 Å². The summed E-state index contributed by atoms with van der Waals surface area (Å²) in [4.78, 5) is 11.0. The van der Waals surface area contributed by atoms with Crippen molar-refractivity contribution in [3.63, 3.8) is 0 Å². The van der Waals surface area contributed by atoms with Crippen molar-refractivity contribution in [2.75, 3.05) is 6.61 Å². The second-order valence-corrected chi connectivity index (χ2v) is 3.45. The summed E-state index contributed by atoms with van der Waals surface area (Å²) in [6, 6.07) is 0.0833. The molecular formula is C9H13NO2. The minimum atomic E-state index is -0.0145. The van der Waals surface area contributed by atoms with Crippen LogP contribution in [0.3, 0.4) is 0 Å². The van der Waals surface area contributed by atoms with E-state index in [0.717, 1.165) is 24.8 Å². The first kappa shape index (κ1) is 7.80. The Balaban J connectivity index is 2.10. The molecule has 1 aliphatic carbocycles. The number of nitrogens with one attached hydrogen (secondary N) is 1. The fourth-order valence-corrected chi connectivity index (χ4v) is 1.89. The predicted octanol–water partition coefficient (Wildman–Crippen LogP) is 0.610. The second-order valence-electron chi connectivity index (χ2n) is 3.45. The van der Waals surface area contributed by atoms with Gasteiger partial charge in [-0.2, -0.15) is 0 Å². The summed E-state index contributed by atoms with van der Waals surface area (Å²) >= 11 is 0. The van der Waals surface area contributed by atoms with Crippen LogP contribution in [0.2, 0.25) is 0 Å². The standard InChI is InChI=1S/C9H13NO2/c1-6-3-2-4-7-9(6)10-8(11)5-12-7/h7,9H,1-5H2,(H,10,11). The summed E-state index contributed by atoms with van der Waals surface area (Å²) in [7, 11) is 0. The topological polar surface area (TPSA) is 38.3 Å². The van der Waals surface area contributed by atoms with Crippen molar-refractivity contribution in [1.29, 1.82) is 0 Å². The summed E-state index contributed by atoms with van der Waals surface area (Å²) in [5.74, 6) is -0.0145. The number of amides is 1. The minimum Gasteiger partial charge on any atom is -0.366 e. The Morgan fingerprint density at radius 2 is 2.42 bits per heavy atom. The molecule has 0 aromatic rings. The molecule has 0 aromatic carbocycles. The van der Waals surface area contributed by atoms with Crippen LogP contribution in [-0.2, 0) is 9.53 Å². The second kappa shape index (κ2) is 2.90. The van der Waals surface area contributed by atoms with Gasteiger partial charge in [0.25, 0.3) is 0 Å². The lowest BCUT2D eigenvalue weighted by Crippen LogP contribution is -2.53. The molecule has 1 heterocycles. The molecule has 0 bridgehead atoms. The van der Waals surface area contributed by atoms with Crippen molar-refractivity contribution in [2.45, 2.75) is 31.4 Å². The van der Waals surface area contributed by atoms with Crippen molar-refractivity contribution in [2.24, 2.45) is 0 Å². The third-order valence-electron chi connectivity index (χ3n) is 2.54. The quantitative estimate of drug-likeness (QED) is 0.537. The molecule has 0 spiro atoms. The molecule has 2 atom stereocenters. The minimum absolute atomic E-state index is 0.0145. The van der Waals surface area contributed by atoms with Crippen LogP contribution in [0.5, 0.6) is 0 Å². The lowest BCUT2D eigenvalue weighted by Gasteiger charge is -2.37. The maximum atomic E-state index is 11.0. The fourth-order valence-electron chi connectivity index (χ4n) is 1.89. The SMILES string of the molecule is C=C1CCCC2OCC(=O)NC12. The number of ether oxygens (including phenoxy) is 1. The number of carbonyl (C=O) groups excluding carboxylic acids is 1. The number of morpholine rings is 1. The van der Waals surface area contributed by atoms with Crippen molar-refractivity contribution in [3.8, 4) is 0 Å². The molecule has 2 unspecified atom stereocenters. The number of carbonyl (C=O) groups is 1. The molecule has 0 aromatic heterocycles. The Bertz CT molecular complexity index is 225.